The molecule has 7 heavy (non-hydrogen) atoms. The zero-order valence-corrected chi connectivity index (χ0v) is 4.09. The number of amides is 1. The van der Waals surface area contributed by atoms with E-state index in [0.717, 1.165) is 7.11 Å². The number of aliphatic hydroxyl groups excluding tert-OH is 2. The summed E-state index contributed by atoms with van der Waals surface area (Å²) in [6, 6.07) is 0. The molecule has 4 N–H and O–H groups in total. The summed E-state index contributed by atoms with van der Waals surface area (Å²) in [5.74, 6) is -0.690. The van der Waals surface area contributed by atoms with Crippen LogP contribution in [0.2, 0.25) is 0 Å². The van der Waals surface area contributed by atoms with Gasteiger partial charge in [0.1, 0.15) is 6.61 Å². The summed E-state index contributed by atoms with van der Waals surface area (Å²) in [4.78, 5) is 9.34. The molecule has 0 fully saturated rings. The van der Waals surface area contributed by atoms with Crippen molar-refractivity contribution in [3.63, 3.8) is 0 Å². The topological polar surface area (TPSA) is 83.5 Å². The van der Waals surface area contributed by atoms with Crippen molar-refractivity contribution < 1.29 is 15.0 Å². The Kier molecular flexibility index (Phi) is 12.4. The third kappa shape index (κ3) is 32.1. The first kappa shape index (κ1) is 9.63. The maximum absolute atomic E-state index is 9.34. The Labute approximate surface area is 41.6 Å². The van der Waals surface area contributed by atoms with Crippen molar-refractivity contribution in [2.75, 3.05) is 13.7 Å². The summed E-state index contributed by atoms with van der Waals surface area (Å²) in [7, 11) is 1.00. The molecule has 0 aromatic rings. The number of nitrogens with two attached hydrogens (primary N) is 1. The molecule has 0 aliphatic rings. The summed E-state index contributed by atoms with van der Waals surface area (Å²) in [5.41, 5.74) is 4.40. The molecule has 1 amide bonds. The van der Waals surface area contributed by atoms with Crippen molar-refractivity contribution in [1.82, 2.24) is 0 Å². The molecule has 0 atom stereocenters. The molecule has 0 unspecified atom stereocenters. The van der Waals surface area contributed by atoms with Crippen LogP contribution in [0, 0.1) is 0 Å². The number of hydrogen-bond donors (Lipinski definition) is 3. The second-order valence-corrected chi connectivity index (χ2v) is 0.624. The van der Waals surface area contributed by atoms with Gasteiger partial charge in [-0.25, -0.2) is 0 Å². The van der Waals surface area contributed by atoms with Crippen molar-refractivity contribution in [2.45, 2.75) is 0 Å². The van der Waals surface area contributed by atoms with E-state index in [1.54, 1.807) is 0 Å². The lowest BCUT2D eigenvalue weighted by molar-refractivity contribution is -0.120. The van der Waals surface area contributed by atoms with Crippen molar-refractivity contribution in [2.24, 2.45) is 5.73 Å². The predicted octanol–water partition coefficient (Wildman–Crippen LogP) is -1.93. The fourth-order valence-electron chi connectivity index (χ4n) is 0. The molecule has 0 aromatic heterocycles. The lowest BCUT2D eigenvalue weighted by Crippen LogP contribution is -2.14. The third-order valence-corrected chi connectivity index (χ3v) is 0.156. The van der Waals surface area contributed by atoms with Crippen LogP contribution in [0.25, 0.3) is 0 Å². The van der Waals surface area contributed by atoms with Gasteiger partial charge in [0.15, 0.2) is 0 Å². The van der Waals surface area contributed by atoms with E-state index in [4.69, 9.17) is 10.2 Å². The van der Waals surface area contributed by atoms with Crippen molar-refractivity contribution in [3.8, 4) is 0 Å². The zero-order valence-electron chi connectivity index (χ0n) is 4.09. The van der Waals surface area contributed by atoms with Gasteiger partial charge in [0.25, 0.3) is 0 Å². The van der Waals surface area contributed by atoms with Crippen LogP contribution in [0.3, 0.4) is 0 Å². The first-order valence-electron chi connectivity index (χ1n) is 1.61. The van der Waals surface area contributed by atoms with E-state index >= 15 is 0 Å². The predicted molar refractivity (Wildman–Crippen MR) is 24.4 cm³/mol. The number of aliphatic hydroxyl groups is 2. The highest BCUT2D eigenvalue weighted by atomic mass is 16.3. The lowest BCUT2D eigenvalue weighted by atomic mass is 10.7. The molecule has 0 saturated carbocycles. The normalized spacial score (nSPS) is 6.14. The molecule has 44 valence electrons. The summed E-state index contributed by atoms with van der Waals surface area (Å²) in [6.07, 6.45) is 0. The largest absolute Gasteiger partial charge is 0.400 e. The van der Waals surface area contributed by atoms with Crippen molar-refractivity contribution >= 4 is 5.91 Å². The number of primary amides is 1. The molecule has 0 bridgehead atoms. The Hall–Kier alpha value is -0.610. The van der Waals surface area contributed by atoms with E-state index in [-0.39, 0.29) is 0 Å². The van der Waals surface area contributed by atoms with Gasteiger partial charge in [-0.1, -0.05) is 0 Å². The van der Waals surface area contributed by atoms with Gasteiger partial charge >= 0.3 is 0 Å². The molecule has 0 radical (unpaired) electrons. The summed E-state index contributed by atoms with van der Waals surface area (Å²) < 4.78 is 0. The molecule has 4 heteroatoms. The highest BCUT2D eigenvalue weighted by molar-refractivity contribution is 5.74. The highest BCUT2D eigenvalue weighted by Gasteiger charge is 1.78. The van der Waals surface area contributed by atoms with Crippen LogP contribution < -0.4 is 5.73 Å². The maximum Gasteiger partial charge on any atom is 0.243 e. The molecule has 0 spiro atoms. The van der Waals surface area contributed by atoms with Gasteiger partial charge in [-0.05, 0) is 0 Å². The summed E-state index contributed by atoms with van der Waals surface area (Å²) in [5, 5.41) is 14.7. The number of hydrogen-bond acceptors (Lipinski definition) is 3. The minimum absolute atomic E-state index is 0.556. The Morgan fingerprint density at radius 3 is 1.86 bits per heavy atom. The minimum atomic E-state index is -0.690. The average molecular weight is 107 g/mol. The van der Waals surface area contributed by atoms with Gasteiger partial charge in [-0.2, -0.15) is 0 Å². The van der Waals surface area contributed by atoms with E-state index in [1.165, 1.54) is 0 Å². The van der Waals surface area contributed by atoms with E-state index in [0.29, 0.717) is 0 Å². The van der Waals surface area contributed by atoms with Crippen LogP contribution in [-0.2, 0) is 4.79 Å². The minimum Gasteiger partial charge on any atom is -0.400 e. The standard InChI is InChI=1S/C2H5NO2.CH4O/c3-2(5)1-4;1-2/h4H,1H2,(H2,3,5);2H,1H3. The van der Waals surface area contributed by atoms with Gasteiger partial charge in [0.05, 0.1) is 0 Å². The first-order valence-corrected chi connectivity index (χ1v) is 1.61. The van der Waals surface area contributed by atoms with Gasteiger partial charge in [-0.15, -0.1) is 0 Å². The molecule has 0 heterocycles. The molecule has 0 aliphatic carbocycles. The Bertz CT molecular complexity index is 45.4. The van der Waals surface area contributed by atoms with Crippen LogP contribution in [0.5, 0.6) is 0 Å². The van der Waals surface area contributed by atoms with Crippen LogP contribution in [0.15, 0.2) is 0 Å². The van der Waals surface area contributed by atoms with Gasteiger partial charge in [0, 0.05) is 7.11 Å². The van der Waals surface area contributed by atoms with Crippen molar-refractivity contribution in [3.05, 3.63) is 0 Å². The van der Waals surface area contributed by atoms with Crippen molar-refractivity contribution in [1.29, 1.82) is 0 Å². The average Bonchev–Trinajstić information content (AvgIpc) is 1.73. The van der Waals surface area contributed by atoms with Gasteiger partial charge < -0.3 is 15.9 Å². The molecule has 4 nitrogen and oxygen atoms in total. The lowest BCUT2D eigenvalue weighted by Gasteiger charge is -1.73. The summed E-state index contributed by atoms with van der Waals surface area (Å²) >= 11 is 0. The zero-order chi connectivity index (χ0) is 6.28. The van der Waals surface area contributed by atoms with E-state index in [2.05, 4.69) is 5.73 Å². The van der Waals surface area contributed by atoms with Gasteiger partial charge in [0.2, 0.25) is 5.91 Å². The molecule has 0 aromatic carbocycles. The monoisotopic (exact) mass is 107 g/mol. The molecule has 0 rings (SSSR count). The first-order chi connectivity index (χ1) is 3.27. The van der Waals surface area contributed by atoms with E-state index < -0.39 is 12.5 Å². The Morgan fingerprint density at radius 1 is 1.71 bits per heavy atom. The quantitative estimate of drug-likeness (QED) is 0.365. The highest BCUT2D eigenvalue weighted by Crippen LogP contribution is 1.42. The Morgan fingerprint density at radius 2 is 1.86 bits per heavy atom. The number of carbonyl (C=O) groups excluding carboxylic acids is 1. The molecule has 0 saturated heterocycles. The van der Waals surface area contributed by atoms with Crippen LogP contribution in [-0.4, -0.2) is 29.8 Å². The molecular formula is C3H9NO3. The summed E-state index contributed by atoms with van der Waals surface area (Å²) in [6.45, 7) is -0.556. The third-order valence-electron chi connectivity index (χ3n) is 0.156. The van der Waals surface area contributed by atoms with E-state index in [9.17, 15) is 4.79 Å². The Balaban J connectivity index is 0. The maximum atomic E-state index is 9.34. The fraction of sp³-hybridized carbons (Fsp3) is 0.667. The van der Waals surface area contributed by atoms with Crippen LogP contribution >= 0.6 is 0 Å². The smallest absolute Gasteiger partial charge is 0.243 e. The van der Waals surface area contributed by atoms with E-state index in [1.807, 2.05) is 0 Å². The van der Waals surface area contributed by atoms with Crippen LogP contribution in [0.4, 0.5) is 0 Å². The number of rotatable bonds is 1. The second-order valence-electron chi connectivity index (χ2n) is 0.624. The van der Waals surface area contributed by atoms with Gasteiger partial charge in [-0.3, -0.25) is 4.79 Å². The number of carbonyl (C=O) groups is 1. The molecule has 0 aliphatic heterocycles. The van der Waals surface area contributed by atoms with Crippen LogP contribution in [0.1, 0.15) is 0 Å². The molecular weight excluding hydrogens is 98.0 g/mol. The second kappa shape index (κ2) is 9.04. The SMILES string of the molecule is CO.NC(=O)CO. The fourth-order valence-corrected chi connectivity index (χ4v) is 0.